The number of carbonyl (C=O) groups is 2. The second-order valence-corrected chi connectivity index (χ2v) is 9.58. The number of alkyl carbamates (subject to hydrolysis) is 1. The molecule has 2 amide bonds. The third kappa shape index (κ3) is 5.91. The molecule has 0 radical (unpaired) electrons. The van der Waals surface area contributed by atoms with Crippen molar-refractivity contribution in [1.29, 1.82) is 0 Å². The maximum atomic E-state index is 12.4. The van der Waals surface area contributed by atoms with Crippen LogP contribution in [-0.2, 0) is 16.1 Å². The van der Waals surface area contributed by atoms with Crippen molar-refractivity contribution < 1.29 is 14.3 Å². The average molecular weight is 486 g/mol. The van der Waals surface area contributed by atoms with E-state index in [1.807, 2.05) is 31.7 Å². The molecule has 1 N–H and O–H groups in total. The van der Waals surface area contributed by atoms with Gasteiger partial charge in [0.25, 0.3) is 0 Å². The van der Waals surface area contributed by atoms with Gasteiger partial charge in [-0.1, -0.05) is 30.3 Å². The first-order valence-electron chi connectivity index (χ1n) is 12.0. The molecule has 6 nitrogen and oxygen atoms in total. The van der Waals surface area contributed by atoms with Crippen molar-refractivity contribution >= 4 is 30.1 Å². The molecule has 1 saturated heterocycles. The van der Waals surface area contributed by atoms with E-state index in [-0.39, 0.29) is 36.5 Å². The summed E-state index contributed by atoms with van der Waals surface area (Å²) in [5.74, 6) is 0.00553. The van der Waals surface area contributed by atoms with E-state index in [1.165, 1.54) is 31.5 Å². The normalized spacial score (nSPS) is 20.0. The van der Waals surface area contributed by atoms with Crippen LogP contribution in [0.3, 0.4) is 0 Å². The van der Waals surface area contributed by atoms with E-state index in [1.54, 1.807) is 6.92 Å². The molecule has 4 rings (SSSR count). The highest BCUT2D eigenvalue weighted by Crippen LogP contribution is 2.39. The summed E-state index contributed by atoms with van der Waals surface area (Å²) in [6, 6.07) is 14.7. The van der Waals surface area contributed by atoms with Crippen LogP contribution < -0.4 is 10.2 Å². The molecule has 2 heterocycles. The van der Waals surface area contributed by atoms with Gasteiger partial charge in [0.05, 0.1) is 12.1 Å². The highest BCUT2D eigenvalue weighted by Gasteiger charge is 2.33. The summed E-state index contributed by atoms with van der Waals surface area (Å²) >= 11 is 0. The van der Waals surface area contributed by atoms with Gasteiger partial charge >= 0.3 is 6.09 Å². The van der Waals surface area contributed by atoms with Crippen molar-refractivity contribution in [3.8, 4) is 11.1 Å². The van der Waals surface area contributed by atoms with Crippen molar-refractivity contribution in [2.24, 2.45) is 0 Å². The van der Waals surface area contributed by atoms with Crippen LogP contribution in [0.4, 0.5) is 10.5 Å². The number of hydrogen-bond acceptors (Lipinski definition) is 4. The number of hydrogen-bond donors (Lipinski definition) is 1. The first-order valence-corrected chi connectivity index (χ1v) is 12.0. The molecular weight excluding hydrogens is 450 g/mol. The molecule has 7 heteroatoms. The molecule has 2 aliphatic heterocycles. The fourth-order valence-corrected chi connectivity index (χ4v) is 5.05. The van der Waals surface area contributed by atoms with Gasteiger partial charge in [0, 0.05) is 25.2 Å². The van der Waals surface area contributed by atoms with Crippen molar-refractivity contribution in [2.45, 2.75) is 71.7 Å². The Morgan fingerprint density at radius 1 is 1.06 bits per heavy atom. The molecule has 0 bridgehead atoms. The van der Waals surface area contributed by atoms with Crippen molar-refractivity contribution in [2.75, 3.05) is 18.0 Å². The largest absolute Gasteiger partial charge is 0.447 e. The summed E-state index contributed by atoms with van der Waals surface area (Å²) < 4.78 is 5.33. The lowest BCUT2D eigenvalue weighted by Gasteiger charge is -2.39. The quantitative estimate of drug-likeness (QED) is 0.590. The second kappa shape index (κ2) is 11.2. The molecule has 34 heavy (non-hydrogen) atoms. The lowest BCUT2D eigenvalue weighted by atomic mass is 9.89. The van der Waals surface area contributed by atoms with Crippen LogP contribution in [0, 0.1) is 0 Å². The number of rotatable bonds is 5. The van der Waals surface area contributed by atoms with Crippen LogP contribution in [-0.4, -0.2) is 42.1 Å². The zero-order chi connectivity index (χ0) is 23.5. The fourth-order valence-electron chi connectivity index (χ4n) is 5.05. The number of halogens is 1. The molecule has 184 valence electrons. The molecule has 0 aromatic heterocycles. The Morgan fingerprint density at radius 3 is 2.32 bits per heavy atom. The molecule has 2 aliphatic rings. The van der Waals surface area contributed by atoms with Gasteiger partial charge in [-0.15, -0.1) is 12.4 Å². The topological polar surface area (TPSA) is 61.9 Å². The Labute approximate surface area is 209 Å². The predicted octanol–water partition coefficient (Wildman–Crippen LogP) is 5.69. The number of nitrogens with one attached hydrogen (secondary N) is 1. The molecule has 2 aromatic carbocycles. The number of amides is 2. The molecule has 0 spiro atoms. The van der Waals surface area contributed by atoms with Crippen LogP contribution in [0.2, 0.25) is 0 Å². The predicted molar refractivity (Wildman–Crippen MR) is 138 cm³/mol. The van der Waals surface area contributed by atoms with Gasteiger partial charge in [-0.25, -0.2) is 4.79 Å². The van der Waals surface area contributed by atoms with E-state index in [2.05, 4.69) is 46.6 Å². The summed E-state index contributed by atoms with van der Waals surface area (Å²) in [5, 5.41) is 3.02. The molecule has 2 atom stereocenters. The zero-order valence-corrected chi connectivity index (χ0v) is 21.4. The molecule has 1 fully saturated rings. The minimum absolute atomic E-state index is 0. The number of anilines is 1. The van der Waals surface area contributed by atoms with Gasteiger partial charge in [0.1, 0.15) is 0 Å². The van der Waals surface area contributed by atoms with E-state index in [0.29, 0.717) is 6.42 Å². The van der Waals surface area contributed by atoms with E-state index in [9.17, 15) is 9.59 Å². The summed E-state index contributed by atoms with van der Waals surface area (Å²) in [6.45, 7) is 10.6. The van der Waals surface area contributed by atoms with E-state index in [0.717, 1.165) is 28.9 Å². The van der Waals surface area contributed by atoms with Gasteiger partial charge in [-0.05, 0) is 87.5 Å². The minimum Gasteiger partial charge on any atom is -0.447 e. The highest BCUT2D eigenvalue weighted by atomic mass is 35.5. The Hall–Kier alpha value is -2.57. The Balaban J connectivity index is 0.00000324. The first-order chi connectivity index (χ1) is 15.8. The number of fused-ring (bicyclic) bond motifs is 1. The van der Waals surface area contributed by atoms with Gasteiger partial charge in [-0.3, -0.25) is 9.69 Å². The number of likely N-dealkylation sites (tertiary alicyclic amines) is 1. The maximum absolute atomic E-state index is 12.4. The van der Waals surface area contributed by atoms with E-state index >= 15 is 0 Å². The lowest BCUT2D eigenvalue weighted by molar-refractivity contribution is -0.117. The van der Waals surface area contributed by atoms with Crippen LogP contribution >= 0.6 is 12.4 Å². The summed E-state index contributed by atoms with van der Waals surface area (Å²) in [5.41, 5.74) is 5.32. The third-order valence-corrected chi connectivity index (χ3v) is 6.55. The standard InChI is InChI=1S/C27H35N3O3.ClH/c1-18(2)33-27(32)28-25-15-19(3)30(20(4)31)26-12-11-23(16-24(25)26)22-9-7-21(8-10-22)17-29-13-5-6-14-29;/h7-12,16,18-19,25H,5-6,13-15,17H2,1-4H3,(H,28,32);1H/t19-,25+;/m0./s1. The molecule has 2 aromatic rings. The van der Waals surface area contributed by atoms with E-state index < -0.39 is 6.09 Å². The smallest absolute Gasteiger partial charge is 0.407 e. The summed E-state index contributed by atoms with van der Waals surface area (Å²) in [4.78, 5) is 29.1. The molecular formula is C27H36ClN3O3. The number of carbonyl (C=O) groups excluding carboxylic acids is 2. The Morgan fingerprint density at radius 2 is 1.71 bits per heavy atom. The van der Waals surface area contributed by atoms with E-state index in [4.69, 9.17) is 4.74 Å². The van der Waals surface area contributed by atoms with Gasteiger partial charge in [-0.2, -0.15) is 0 Å². The fraction of sp³-hybridized carbons (Fsp3) is 0.481. The van der Waals surface area contributed by atoms with Crippen LogP contribution in [0.5, 0.6) is 0 Å². The van der Waals surface area contributed by atoms with Gasteiger partial charge in [0.15, 0.2) is 0 Å². The van der Waals surface area contributed by atoms with Gasteiger partial charge in [0.2, 0.25) is 5.91 Å². The second-order valence-electron chi connectivity index (χ2n) is 9.58. The monoisotopic (exact) mass is 485 g/mol. The highest BCUT2D eigenvalue weighted by molar-refractivity contribution is 5.94. The number of nitrogens with zero attached hydrogens (tertiary/aromatic N) is 2. The number of benzene rings is 2. The zero-order valence-electron chi connectivity index (χ0n) is 20.5. The molecule has 0 aliphatic carbocycles. The lowest BCUT2D eigenvalue weighted by Crippen LogP contribution is -2.45. The maximum Gasteiger partial charge on any atom is 0.407 e. The van der Waals surface area contributed by atoms with Crippen LogP contribution in [0.1, 0.15) is 64.1 Å². The van der Waals surface area contributed by atoms with Gasteiger partial charge < -0.3 is 15.0 Å². The molecule has 0 saturated carbocycles. The minimum atomic E-state index is -0.430. The average Bonchev–Trinajstić information content (AvgIpc) is 3.26. The van der Waals surface area contributed by atoms with Crippen molar-refractivity contribution in [1.82, 2.24) is 10.2 Å². The molecule has 0 unspecified atom stereocenters. The van der Waals surface area contributed by atoms with Crippen LogP contribution in [0.25, 0.3) is 11.1 Å². The number of ether oxygens (including phenoxy) is 1. The van der Waals surface area contributed by atoms with Crippen molar-refractivity contribution in [3.63, 3.8) is 0 Å². The summed E-state index contributed by atoms with van der Waals surface area (Å²) in [7, 11) is 0. The first kappa shape index (κ1) is 26.0. The summed E-state index contributed by atoms with van der Waals surface area (Å²) in [6.07, 6.45) is 2.61. The van der Waals surface area contributed by atoms with Crippen molar-refractivity contribution in [3.05, 3.63) is 53.6 Å². The SMILES string of the molecule is CC(=O)N1c2ccc(-c3ccc(CN4CCCC4)cc3)cc2[C@H](NC(=O)OC(C)C)C[C@@H]1C.Cl. The Bertz CT molecular complexity index is 1000. The Kier molecular flexibility index (Phi) is 8.61. The van der Waals surface area contributed by atoms with Crippen LogP contribution in [0.15, 0.2) is 42.5 Å². The third-order valence-electron chi connectivity index (χ3n) is 6.55.